The highest BCUT2D eigenvalue weighted by atomic mass is 16.6. The Kier molecular flexibility index (Phi) is 2.44. The van der Waals surface area contributed by atoms with Gasteiger partial charge in [0.2, 0.25) is 0 Å². The Balaban J connectivity index is 2.37. The van der Waals surface area contributed by atoms with E-state index in [1.54, 1.807) is 12.1 Å². The average molecular weight is 220 g/mol. The second-order valence-corrected chi connectivity index (χ2v) is 3.41. The summed E-state index contributed by atoms with van der Waals surface area (Å²) in [6, 6.07) is 4.73. The molecule has 0 radical (unpaired) electrons. The number of carbonyl (C=O) groups excluding carboxylic acids is 2. The van der Waals surface area contributed by atoms with Gasteiger partial charge in [-0.1, -0.05) is 12.1 Å². The van der Waals surface area contributed by atoms with Crippen molar-refractivity contribution in [2.24, 2.45) is 0 Å². The topological polar surface area (TPSA) is 80.7 Å². The Hall–Kier alpha value is -2.17. The molecule has 2 rings (SSSR count). The summed E-state index contributed by atoms with van der Waals surface area (Å²) >= 11 is 0. The molecule has 1 heterocycles. The number of hydrogen-bond donors (Lipinski definition) is 1. The first-order valence-corrected chi connectivity index (χ1v) is 4.70. The van der Waals surface area contributed by atoms with Gasteiger partial charge in [-0.15, -0.1) is 0 Å². The molecule has 0 fully saturated rings. The Morgan fingerprint density at radius 1 is 1.25 bits per heavy atom. The number of aliphatic carboxylic acids is 1. The number of rotatable bonds is 3. The molecule has 1 N–H and O–H groups in total. The van der Waals surface area contributed by atoms with E-state index in [2.05, 4.69) is 4.74 Å². The van der Waals surface area contributed by atoms with Gasteiger partial charge in [-0.3, -0.25) is 4.79 Å². The smallest absolute Gasteiger partial charge is 0.347 e. The zero-order chi connectivity index (χ0) is 11.7. The molecule has 0 aliphatic carbocycles. The number of carboxylic acids is 1. The van der Waals surface area contributed by atoms with Crippen LogP contribution in [0.15, 0.2) is 18.2 Å². The Morgan fingerprint density at radius 3 is 2.69 bits per heavy atom. The van der Waals surface area contributed by atoms with Crippen molar-refractivity contribution in [2.45, 2.75) is 12.8 Å². The zero-order valence-corrected chi connectivity index (χ0v) is 8.23. The number of aryl methyl sites for hydroxylation is 1. The van der Waals surface area contributed by atoms with Crippen LogP contribution >= 0.6 is 0 Å². The van der Waals surface area contributed by atoms with Crippen molar-refractivity contribution in [3.8, 4) is 0 Å². The number of carbonyl (C=O) groups is 3. The van der Waals surface area contributed by atoms with Gasteiger partial charge < -0.3 is 9.84 Å². The first-order valence-electron chi connectivity index (χ1n) is 4.70. The highest BCUT2D eigenvalue weighted by Crippen LogP contribution is 2.24. The van der Waals surface area contributed by atoms with Gasteiger partial charge in [0.25, 0.3) is 0 Å². The van der Waals surface area contributed by atoms with Crippen LogP contribution in [-0.2, 0) is 16.0 Å². The van der Waals surface area contributed by atoms with Crippen LogP contribution in [0.4, 0.5) is 0 Å². The quantitative estimate of drug-likeness (QED) is 0.607. The van der Waals surface area contributed by atoms with E-state index < -0.39 is 17.9 Å². The molecule has 16 heavy (non-hydrogen) atoms. The molecule has 82 valence electrons. The SMILES string of the molecule is O=C(O)CCc1cccc2c1C(=O)OC2=O. The Labute approximate surface area is 90.6 Å². The van der Waals surface area contributed by atoms with Crippen molar-refractivity contribution in [1.29, 1.82) is 0 Å². The van der Waals surface area contributed by atoms with Crippen LogP contribution in [0.25, 0.3) is 0 Å². The van der Waals surface area contributed by atoms with Gasteiger partial charge in [0.1, 0.15) is 0 Å². The van der Waals surface area contributed by atoms with E-state index in [4.69, 9.17) is 5.11 Å². The van der Waals surface area contributed by atoms with Crippen LogP contribution in [0.5, 0.6) is 0 Å². The predicted octanol–water partition coefficient (Wildman–Crippen LogP) is 1.01. The van der Waals surface area contributed by atoms with E-state index in [1.807, 2.05) is 0 Å². The fourth-order valence-corrected chi connectivity index (χ4v) is 1.65. The van der Waals surface area contributed by atoms with Crippen molar-refractivity contribution in [3.05, 3.63) is 34.9 Å². The van der Waals surface area contributed by atoms with Crippen LogP contribution in [0, 0.1) is 0 Å². The van der Waals surface area contributed by atoms with Crippen molar-refractivity contribution in [1.82, 2.24) is 0 Å². The average Bonchev–Trinajstić information content (AvgIpc) is 2.52. The fraction of sp³-hybridized carbons (Fsp3) is 0.182. The molecule has 0 saturated heterocycles. The summed E-state index contributed by atoms with van der Waals surface area (Å²) in [6.07, 6.45) is 0.124. The molecular weight excluding hydrogens is 212 g/mol. The number of fused-ring (bicyclic) bond motifs is 1. The first-order chi connectivity index (χ1) is 7.59. The van der Waals surface area contributed by atoms with E-state index in [0.717, 1.165) is 0 Å². The third-order valence-corrected chi connectivity index (χ3v) is 2.37. The van der Waals surface area contributed by atoms with E-state index in [-0.39, 0.29) is 24.0 Å². The lowest BCUT2D eigenvalue weighted by Crippen LogP contribution is -2.03. The summed E-state index contributed by atoms with van der Waals surface area (Å²) in [5, 5.41) is 8.56. The molecule has 0 saturated carbocycles. The molecule has 0 bridgehead atoms. The molecule has 1 aliphatic heterocycles. The Bertz CT molecular complexity index is 489. The number of ether oxygens (including phenoxy) is 1. The molecule has 1 aliphatic rings. The number of benzene rings is 1. The minimum absolute atomic E-state index is 0.0854. The lowest BCUT2D eigenvalue weighted by Gasteiger charge is -2.02. The molecule has 0 atom stereocenters. The number of esters is 2. The summed E-state index contributed by atoms with van der Waals surface area (Å²) in [7, 11) is 0. The summed E-state index contributed by atoms with van der Waals surface area (Å²) in [5.41, 5.74) is 0.956. The minimum Gasteiger partial charge on any atom is -0.481 e. The lowest BCUT2D eigenvalue weighted by molar-refractivity contribution is -0.136. The van der Waals surface area contributed by atoms with Gasteiger partial charge in [-0.05, 0) is 18.1 Å². The number of hydrogen-bond acceptors (Lipinski definition) is 4. The zero-order valence-electron chi connectivity index (χ0n) is 8.23. The summed E-state index contributed by atoms with van der Waals surface area (Å²) < 4.78 is 4.45. The van der Waals surface area contributed by atoms with E-state index in [1.165, 1.54) is 6.07 Å². The second-order valence-electron chi connectivity index (χ2n) is 3.41. The maximum atomic E-state index is 11.4. The molecular formula is C11H8O5. The van der Waals surface area contributed by atoms with Gasteiger partial charge >= 0.3 is 17.9 Å². The van der Waals surface area contributed by atoms with Crippen LogP contribution in [-0.4, -0.2) is 23.0 Å². The third kappa shape index (κ3) is 1.67. The van der Waals surface area contributed by atoms with Crippen molar-refractivity contribution < 1.29 is 24.2 Å². The van der Waals surface area contributed by atoms with Crippen molar-refractivity contribution >= 4 is 17.9 Å². The van der Waals surface area contributed by atoms with Crippen molar-refractivity contribution in [3.63, 3.8) is 0 Å². The minimum atomic E-state index is -0.949. The number of carboxylic acid groups (broad SMARTS) is 1. The van der Waals surface area contributed by atoms with Crippen LogP contribution in [0.1, 0.15) is 32.7 Å². The predicted molar refractivity (Wildman–Crippen MR) is 52.1 cm³/mol. The molecule has 0 spiro atoms. The maximum Gasteiger partial charge on any atom is 0.347 e. The molecule has 5 nitrogen and oxygen atoms in total. The summed E-state index contributed by atoms with van der Waals surface area (Å²) in [4.78, 5) is 33.0. The summed E-state index contributed by atoms with van der Waals surface area (Å²) in [5.74, 6) is -2.31. The lowest BCUT2D eigenvalue weighted by atomic mass is 9.99. The standard InChI is InChI=1S/C11H8O5/c12-8(13)5-4-6-2-1-3-7-9(6)11(15)16-10(7)14/h1-3H,4-5H2,(H,12,13). The van der Waals surface area contributed by atoms with E-state index in [0.29, 0.717) is 5.56 Å². The monoisotopic (exact) mass is 220 g/mol. The molecule has 1 aromatic rings. The van der Waals surface area contributed by atoms with E-state index in [9.17, 15) is 14.4 Å². The van der Waals surface area contributed by atoms with Gasteiger partial charge in [0.15, 0.2) is 0 Å². The highest BCUT2D eigenvalue weighted by molar-refractivity contribution is 6.15. The van der Waals surface area contributed by atoms with E-state index >= 15 is 0 Å². The van der Waals surface area contributed by atoms with Gasteiger partial charge in [-0.25, -0.2) is 9.59 Å². The normalized spacial score (nSPS) is 13.5. The van der Waals surface area contributed by atoms with Gasteiger partial charge in [-0.2, -0.15) is 0 Å². The maximum absolute atomic E-state index is 11.4. The van der Waals surface area contributed by atoms with Gasteiger partial charge in [0, 0.05) is 6.42 Å². The molecule has 1 aromatic carbocycles. The molecule has 0 amide bonds. The highest BCUT2D eigenvalue weighted by Gasteiger charge is 2.31. The van der Waals surface area contributed by atoms with Crippen LogP contribution < -0.4 is 0 Å². The van der Waals surface area contributed by atoms with Gasteiger partial charge in [0.05, 0.1) is 11.1 Å². The fourth-order valence-electron chi connectivity index (χ4n) is 1.65. The largest absolute Gasteiger partial charge is 0.481 e. The molecule has 0 aromatic heterocycles. The number of cyclic esters (lactones) is 2. The molecule has 5 heteroatoms. The molecule has 0 unspecified atom stereocenters. The van der Waals surface area contributed by atoms with Crippen molar-refractivity contribution in [2.75, 3.05) is 0 Å². The Morgan fingerprint density at radius 2 is 2.00 bits per heavy atom. The first kappa shape index (κ1) is 10.4. The van der Waals surface area contributed by atoms with Crippen LogP contribution in [0.2, 0.25) is 0 Å². The second kappa shape index (κ2) is 3.77. The van der Waals surface area contributed by atoms with Crippen LogP contribution in [0.3, 0.4) is 0 Å². The third-order valence-electron chi connectivity index (χ3n) is 2.37. The summed E-state index contributed by atoms with van der Waals surface area (Å²) in [6.45, 7) is 0.